The van der Waals surface area contributed by atoms with Gasteiger partial charge in [-0.2, -0.15) is 0 Å². The van der Waals surface area contributed by atoms with Crippen LogP contribution < -0.4 is 9.64 Å². The molecule has 3 aromatic carbocycles. The van der Waals surface area contributed by atoms with E-state index in [1.165, 1.54) is 0 Å². The minimum Gasteiger partial charge on any atom is -0.493 e. The van der Waals surface area contributed by atoms with Crippen molar-refractivity contribution in [3.63, 3.8) is 0 Å². The Kier molecular flexibility index (Phi) is 6.95. The Morgan fingerprint density at radius 2 is 1.67 bits per heavy atom. The molecule has 2 heterocycles. The lowest BCUT2D eigenvalue weighted by Gasteiger charge is -2.36. The molecule has 7 nitrogen and oxygen atoms in total. The number of anilines is 1. The zero-order chi connectivity index (χ0) is 25.1. The topological polar surface area (TPSA) is 70.2 Å². The largest absolute Gasteiger partial charge is 0.493 e. The van der Waals surface area contributed by atoms with Gasteiger partial charge in [0.1, 0.15) is 12.3 Å². The number of fused-ring (bicyclic) bond motifs is 1. The van der Waals surface area contributed by atoms with Gasteiger partial charge in [-0.3, -0.25) is 19.3 Å². The average molecular weight is 502 g/mol. The molecule has 0 saturated carbocycles. The van der Waals surface area contributed by atoms with Gasteiger partial charge in [0, 0.05) is 37.4 Å². The fourth-order valence-electron chi connectivity index (χ4n) is 4.56. The number of hydrogen-bond donors (Lipinski definition) is 0. The van der Waals surface area contributed by atoms with Crippen molar-refractivity contribution in [1.82, 2.24) is 9.80 Å². The van der Waals surface area contributed by atoms with Crippen molar-refractivity contribution in [2.75, 3.05) is 44.2 Å². The highest BCUT2D eigenvalue weighted by Gasteiger charge is 2.37. The number of ether oxygens (including phenoxy) is 1. The van der Waals surface area contributed by atoms with E-state index in [1.807, 2.05) is 61.5 Å². The minimum absolute atomic E-state index is 0.216. The van der Waals surface area contributed by atoms with Gasteiger partial charge in [0.2, 0.25) is 5.91 Å². The number of hydrogen-bond acceptors (Lipinski definition) is 6. The summed E-state index contributed by atoms with van der Waals surface area (Å²) >= 11 is 0.862. The van der Waals surface area contributed by atoms with Crippen LogP contribution in [0.25, 0.3) is 16.8 Å². The summed E-state index contributed by atoms with van der Waals surface area (Å²) in [5.41, 5.74) is 1.88. The van der Waals surface area contributed by atoms with Gasteiger partial charge in [0.25, 0.3) is 11.1 Å². The Labute approximate surface area is 214 Å². The zero-order valence-electron chi connectivity index (χ0n) is 20.1. The molecule has 36 heavy (non-hydrogen) atoms. The molecular weight excluding hydrogens is 474 g/mol. The highest BCUT2D eigenvalue weighted by molar-refractivity contribution is 8.18. The number of carbonyl (C=O) groups excluding carboxylic acids is 3. The molecule has 0 aromatic heterocycles. The number of benzene rings is 3. The van der Waals surface area contributed by atoms with E-state index < -0.39 is 11.1 Å². The van der Waals surface area contributed by atoms with E-state index in [-0.39, 0.29) is 12.5 Å². The Morgan fingerprint density at radius 3 is 2.42 bits per heavy atom. The van der Waals surface area contributed by atoms with Crippen LogP contribution in [0.5, 0.6) is 5.75 Å². The Hall–Kier alpha value is -3.78. The van der Waals surface area contributed by atoms with Gasteiger partial charge in [-0.1, -0.05) is 48.5 Å². The molecule has 0 aliphatic carbocycles. The summed E-state index contributed by atoms with van der Waals surface area (Å²) < 4.78 is 5.80. The van der Waals surface area contributed by atoms with Crippen LogP contribution in [0.3, 0.4) is 0 Å². The van der Waals surface area contributed by atoms with Crippen molar-refractivity contribution >= 4 is 51.4 Å². The molecule has 0 bridgehead atoms. The van der Waals surface area contributed by atoms with Crippen LogP contribution in [0.4, 0.5) is 10.5 Å². The molecule has 8 heteroatoms. The monoisotopic (exact) mass is 501 g/mol. The van der Waals surface area contributed by atoms with Crippen LogP contribution in [-0.2, 0) is 9.59 Å². The lowest BCUT2D eigenvalue weighted by molar-refractivity contribution is -0.136. The molecule has 2 fully saturated rings. The number of piperazine rings is 1. The van der Waals surface area contributed by atoms with Crippen molar-refractivity contribution in [2.24, 2.45) is 0 Å². The number of thioether (sulfide) groups is 1. The summed E-state index contributed by atoms with van der Waals surface area (Å²) in [5, 5.41) is 1.51. The standard InChI is InChI=1S/C28H27N3O4S/c1-2-35-24-13-12-20-8-6-7-11-22(20)23(24)18-25-27(33)31(28(34)36-25)19-26(32)30-16-14-29(15-17-30)21-9-4-3-5-10-21/h3-13,18H,2,14-17,19H2,1H3/b25-18+. The second kappa shape index (κ2) is 10.5. The fraction of sp³-hybridized carbons (Fsp3) is 0.250. The molecule has 3 amide bonds. The normalized spacial score (nSPS) is 17.4. The second-order valence-electron chi connectivity index (χ2n) is 8.60. The molecule has 0 unspecified atom stereocenters. The summed E-state index contributed by atoms with van der Waals surface area (Å²) in [6.45, 7) is 4.64. The van der Waals surface area contributed by atoms with Gasteiger partial charge in [-0.25, -0.2) is 0 Å². The lowest BCUT2D eigenvalue weighted by Crippen LogP contribution is -2.51. The number of imide groups is 1. The SMILES string of the molecule is CCOc1ccc2ccccc2c1/C=C1/SC(=O)N(CC(=O)N2CCN(c3ccccc3)CC2)C1=O. The number of para-hydroxylation sites is 1. The van der Waals surface area contributed by atoms with Crippen molar-refractivity contribution in [2.45, 2.75) is 6.92 Å². The Bertz CT molecular complexity index is 1330. The second-order valence-corrected chi connectivity index (χ2v) is 9.60. The molecule has 0 radical (unpaired) electrons. The summed E-state index contributed by atoms with van der Waals surface area (Å²) in [7, 11) is 0. The van der Waals surface area contributed by atoms with Crippen molar-refractivity contribution < 1.29 is 19.1 Å². The van der Waals surface area contributed by atoms with E-state index in [0.717, 1.165) is 38.7 Å². The van der Waals surface area contributed by atoms with E-state index in [2.05, 4.69) is 17.0 Å². The van der Waals surface area contributed by atoms with Crippen LogP contribution in [0.1, 0.15) is 12.5 Å². The molecule has 0 spiro atoms. The summed E-state index contributed by atoms with van der Waals surface area (Å²) in [4.78, 5) is 44.2. The van der Waals surface area contributed by atoms with E-state index in [1.54, 1.807) is 11.0 Å². The molecule has 2 aliphatic rings. The van der Waals surface area contributed by atoms with Crippen LogP contribution in [0.15, 0.2) is 71.6 Å². The maximum Gasteiger partial charge on any atom is 0.294 e. The number of carbonyl (C=O) groups is 3. The molecule has 2 saturated heterocycles. The average Bonchev–Trinajstić information content (AvgIpc) is 3.18. The van der Waals surface area contributed by atoms with Gasteiger partial charge in [-0.15, -0.1) is 0 Å². The van der Waals surface area contributed by atoms with E-state index >= 15 is 0 Å². The van der Waals surface area contributed by atoms with Gasteiger partial charge in [-0.05, 0) is 53.7 Å². The first kappa shape index (κ1) is 23.9. The number of rotatable bonds is 6. The Morgan fingerprint density at radius 1 is 0.944 bits per heavy atom. The van der Waals surface area contributed by atoms with Crippen molar-refractivity contribution in [3.05, 3.63) is 77.2 Å². The smallest absolute Gasteiger partial charge is 0.294 e. The predicted molar refractivity (Wildman–Crippen MR) is 143 cm³/mol. The molecule has 0 N–H and O–H groups in total. The van der Waals surface area contributed by atoms with Crippen molar-refractivity contribution in [3.8, 4) is 5.75 Å². The van der Waals surface area contributed by atoms with Gasteiger partial charge >= 0.3 is 0 Å². The highest BCUT2D eigenvalue weighted by atomic mass is 32.2. The first-order chi connectivity index (χ1) is 17.5. The highest BCUT2D eigenvalue weighted by Crippen LogP contribution is 2.37. The van der Waals surface area contributed by atoms with Crippen LogP contribution >= 0.6 is 11.8 Å². The Balaban J connectivity index is 1.30. The first-order valence-electron chi connectivity index (χ1n) is 12.0. The van der Waals surface area contributed by atoms with Gasteiger partial charge < -0.3 is 14.5 Å². The van der Waals surface area contributed by atoms with Crippen LogP contribution in [0, 0.1) is 0 Å². The van der Waals surface area contributed by atoms with E-state index in [4.69, 9.17) is 4.74 Å². The summed E-state index contributed by atoms with van der Waals surface area (Å²) in [6, 6.07) is 21.8. The summed E-state index contributed by atoms with van der Waals surface area (Å²) in [5.74, 6) is -0.0153. The lowest BCUT2D eigenvalue weighted by atomic mass is 10.0. The molecule has 5 rings (SSSR count). The third-order valence-corrected chi connectivity index (χ3v) is 7.33. The summed E-state index contributed by atoms with van der Waals surface area (Å²) in [6.07, 6.45) is 1.71. The first-order valence-corrected chi connectivity index (χ1v) is 12.8. The van der Waals surface area contributed by atoms with Gasteiger partial charge in [0.15, 0.2) is 0 Å². The fourth-order valence-corrected chi connectivity index (χ4v) is 5.38. The van der Waals surface area contributed by atoms with Crippen molar-refractivity contribution in [1.29, 1.82) is 0 Å². The minimum atomic E-state index is -0.448. The molecule has 3 aromatic rings. The molecule has 184 valence electrons. The third kappa shape index (κ3) is 4.81. The number of nitrogens with zero attached hydrogens (tertiary/aromatic N) is 3. The van der Waals surface area contributed by atoms with Crippen LogP contribution in [0.2, 0.25) is 0 Å². The quantitative estimate of drug-likeness (QED) is 0.459. The van der Waals surface area contributed by atoms with Crippen LogP contribution in [-0.4, -0.2) is 66.2 Å². The molecular formula is C28H27N3O4S. The molecule has 0 atom stereocenters. The van der Waals surface area contributed by atoms with Gasteiger partial charge in [0.05, 0.1) is 11.5 Å². The predicted octanol–water partition coefficient (Wildman–Crippen LogP) is 4.62. The van der Waals surface area contributed by atoms with E-state index in [9.17, 15) is 14.4 Å². The number of amides is 3. The maximum atomic E-state index is 13.2. The zero-order valence-corrected chi connectivity index (χ0v) is 20.9. The molecule has 2 aliphatic heterocycles. The maximum absolute atomic E-state index is 13.2. The third-order valence-electron chi connectivity index (χ3n) is 6.43. The van der Waals surface area contributed by atoms with E-state index in [0.29, 0.717) is 43.4 Å².